The molecular weight excluding hydrogens is 474 g/mol. The first-order valence-corrected chi connectivity index (χ1v) is 13.5. The van der Waals surface area contributed by atoms with Crippen LogP contribution in [0.1, 0.15) is 30.9 Å². The molecule has 2 aromatic carbocycles. The van der Waals surface area contributed by atoms with Gasteiger partial charge in [-0.2, -0.15) is 0 Å². The van der Waals surface area contributed by atoms with E-state index >= 15 is 0 Å². The molecule has 190 valence electrons. The smallest absolute Gasteiger partial charge is 0.248 e. The lowest BCUT2D eigenvalue weighted by molar-refractivity contribution is -0.138. The molecular formula is C28H33N3O4S. The van der Waals surface area contributed by atoms with Gasteiger partial charge < -0.3 is 20.6 Å². The summed E-state index contributed by atoms with van der Waals surface area (Å²) < 4.78 is -0.684. The molecule has 0 saturated carbocycles. The average Bonchev–Trinajstić information content (AvgIpc) is 3.44. The Morgan fingerprint density at radius 1 is 1.06 bits per heavy atom. The summed E-state index contributed by atoms with van der Waals surface area (Å²) in [6.07, 6.45) is 1.16. The van der Waals surface area contributed by atoms with Crippen LogP contribution in [0.2, 0.25) is 0 Å². The SMILES string of the molecule is Cc1cccc(C)c1NC(=O)C1N(CCCO)C(=O)[C@@H]2[C@H](C(=O)Nc3ccccc3)[C@@H]3CC(C)C12S3. The number of hydrogen-bond acceptors (Lipinski definition) is 5. The number of nitrogens with zero attached hydrogens (tertiary/aromatic N) is 1. The molecule has 36 heavy (non-hydrogen) atoms. The van der Waals surface area contributed by atoms with E-state index in [4.69, 9.17) is 0 Å². The van der Waals surface area contributed by atoms with E-state index in [1.54, 1.807) is 16.7 Å². The van der Waals surface area contributed by atoms with Crippen LogP contribution in [0.25, 0.3) is 0 Å². The second-order valence-corrected chi connectivity index (χ2v) is 11.8. The number of rotatable bonds is 7. The summed E-state index contributed by atoms with van der Waals surface area (Å²) in [7, 11) is 0. The van der Waals surface area contributed by atoms with Gasteiger partial charge >= 0.3 is 0 Å². The largest absolute Gasteiger partial charge is 0.396 e. The van der Waals surface area contributed by atoms with E-state index < -0.39 is 22.6 Å². The van der Waals surface area contributed by atoms with Crippen molar-refractivity contribution in [3.8, 4) is 0 Å². The van der Waals surface area contributed by atoms with Crippen molar-refractivity contribution < 1.29 is 19.5 Å². The van der Waals surface area contributed by atoms with E-state index in [1.807, 2.05) is 62.4 Å². The van der Waals surface area contributed by atoms with Crippen molar-refractivity contribution in [1.82, 2.24) is 4.90 Å². The van der Waals surface area contributed by atoms with Crippen molar-refractivity contribution in [2.45, 2.75) is 49.7 Å². The summed E-state index contributed by atoms with van der Waals surface area (Å²) in [6, 6.07) is 14.4. The molecule has 3 N–H and O–H groups in total. The predicted octanol–water partition coefficient (Wildman–Crippen LogP) is 3.60. The van der Waals surface area contributed by atoms with Crippen LogP contribution in [0.4, 0.5) is 11.4 Å². The number of aliphatic hydroxyl groups is 1. The highest BCUT2D eigenvalue weighted by molar-refractivity contribution is 8.02. The van der Waals surface area contributed by atoms with E-state index in [0.29, 0.717) is 12.1 Å². The predicted molar refractivity (Wildman–Crippen MR) is 142 cm³/mol. The van der Waals surface area contributed by atoms with Crippen LogP contribution in [0.15, 0.2) is 48.5 Å². The second kappa shape index (κ2) is 9.56. The normalized spacial score (nSPS) is 30.4. The molecule has 7 nitrogen and oxygen atoms in total. The number of para-hydroxylation sites is 2. The number of carbonyl (C=O) groups is 3. The second-order valence-electron chi connectivity index (χ2n) is 10.3. The van der Waals surface area contributed by atoms with Crippen molar-refractivity contribution in [3.05, 3.63) is 59.7 Å². The maximum atomic E-state index is 14.0. The summed E-state index contributed by atoms with van der Waals surface area (Å²) in [5, 5.41) is 15.6. The van der Waals surface area contributed by atoms with Crippen molar-refractivity contribution in [3.63, 3.8) is 0 Å². The number of fused-ring (bicyclic) bond motifs is 1. The lowest BCUT2D eigenvalue weighted by Gasteiger charge is -2.38. The van der Waals surface area contributed by atoms with Gasteiger partial charge in [-0.25, -0.2) is 0 Å². The maximum Gasteiger partial charge on any atom is 0.248 e. The standard InChI is InChI=1S/C28H33N3O4S/c1-16-9-7-10-17(2)23(16)30-26(34)24-28-18(3)15-20(36-28)21(22(28)27(35)31(24)13-8-14-32)25(33)29-19-11-5-4-6-12-19/h4-7,9-12,18,20-22,24,32H,8,13-15H2,1-3H3,(H,29,33)(H,30,34)/t18?,20-,21+,22-,24?,28?/m0/s1. The first-order valence-electron chi connectivity index (χ1n) is 12.6. The number of thioether (sulfide) groups is 1. The Bertz CT molecular complexity index is 1170. The lowest BCUT2D eigenvalue weighted by atomic mass is 9.66. The lowest BCUT2D eigenvalue weighted by Crippen LogP contribution is -2.55. The maximum absolute atomic E-state index is 14.0. The molecule has 3 saturated heterocycles. The zero-order chi connectivity index (χ0) is 25.6. The summed E-state index contributed by atoms with van der Waals surface area (Å²) in [5.74, 6) is -1.52. The Balaban J connectivity index is 1.51. The van der Waals surface area contributed by atoms with Gasteiger partial charge in [-0.1, -0.05) is 43.3 Å². The van der Waals surface area contributed by atoms with Gasteiger partial charge in [0.15, 0.2) is 0 Å². The highest BCUT2D eigenvalue weighted by Gasteiger charge is 2.75. The number of likely N-dealkylation sites (tertiary alicyclic amines) is 1. The van der Waals surface area contributed by atoms with E-state index in [1.165, 1.54) is 0 Å². The fraction of sp³-hybridized carbons (Fsp3) is 0.464. The zero-order valence-corrected chi connectivity index (χ0v) is 21.7. The quantitative estimate of drug-likeness (QED) is 0.532. The number of nitrogens with one attached hydrogen (secondary N) is 2. The molecule has 8 heteroatoms. The minimum atomic E-state index is -0.708. The molecule has 6 atom stereocenters. The van der Waals surface area contributed by atoms with Gasteiger partial charge in [0.2, 0.25) is 17.7 Å². The topological polar surface area (TPSA) is 98.7 Å². The highest BCUT2D eigenvalue weighted by atomic mass is 32.2. The van der Waals surface area contributed by atoms with E-state index in [-0.39, 0.29) is 42.0 Å². The van der Waals surface area contributed by atoms with Gasteiger partial charge in [-0.05, 0) is 55.9 Å². The van der Waals surface area contributed by atoms with Gasteiger partial charge in [0.25, 0.3) is 0 Å². The van der Waals surface area contributed by atoms with Gasteiger partial charge in [0.1, 0.15) is 6.04 Å². The van der Waals surface area contributed by atoms with Crippen LogP contribution < -0.4 is 10.6 Å². The fourth-order valence-corrected chi connectivity index (χ4v) is 8.97. The fourth-order valence-electron chi connectivity index (χ4n) is 6.55. The van der Waals surface area contributed by atoms with Crippen LogP contribution in [0.3, 0.4) is 0 Å². The first kappa shape index (κ1) is 24.8. The number of carbonyl (C=O) groups excluding carboxylic acids is 3. The monoisotopic (exact) mass is 507 g/mol. The molecule has 5 rings (SSSR count). The summed E-state index contributed by atoms with van der Waals surface area (Å²) in [6.45, 7) is 6.22. The molecule has 3 aliphatic rings. The number of benzene rings is 2. The summed E-state index contributed by atoms with van der Waals surface area (Å²) in [4.78, 5) is 43.1. The van der Waals surface area contributed by atoms with E-state index in [2.05, 4.69) is 17.6 Å². The Morgan fingerprint density at radius 2 is 1.75 bits per heavy atom. The van der Waals surface area contributed by atoms with E-state index in [9.17, 15) is 19.5 Å². The molecule has 3 amide bonds. The van der Waals surface area contributed by atoms with E-state index in [0.717, 1.165) is 23.2 Å². The average molecular weight is 508 g/mol. The van der Waals surface area contributed by atoms with Crippen LogP contribution in [-0.2, 0) is 14.4 Å². The first-order chi connectivity index (χ1) is 17.3. The Kier molecular flexibility index (Phi) is 6.59. The number of anilines is 2. The van der Waals surface area contributed by atoms with Crippen LogP contribution >= 0.6 is 11.8 Å². The molecule has 1 spiro atoms. The van der Waals surface area contributed by atoms with Gasteiger partial charge in [0.05, 0.1) is 16.6 Å². The zero-order valence-electron chi connectivity index (χ0n) is 20.9. The third-order valence-corrected chi connectivity index (χ3v) is 10.2. The molecule has 3 aliphatic heterocycles. The molecule has 3 fully saturated rings. The third kappa shape index (κ3) is 3.82. The minimum absolute atomic E-state index is 0.0202. The Morgan fingerprint density at radius 3 is 2.42 bits per heavy atom. The molecule has 2 bridgehead atoms. The van der Waals surface area contributed by atoms with Crippen LogP contribution in [0.5, 0.6) is 0 Å². The van der Waals surface area contributed by atoms with Crippen LogP contribution in [-0.4, -0.2) is 56.9 Å². The highest BCUT2D eigenvalue weighted by Crippen LogP contribution is 2.68. The number of aryl methyl sites for hydroxylation is 2. The van der Waals surface area contributed by atoms with Crippen molar-refractivity contribution in [2.24, 2.45) is 17.8 Å². The Hall–Kier alpha value is -2.84. The molecule has 3 unspecified atom stereocenters. The van der Waals surface area contributed by atoms with Crippen molar-refractivity contribution >= 4 is 40.9 Å². The minimum Gasteiger partial charge on any atom is -0.396 e. The molecule has 0 aromatic heterocycles. The molecule has 2 aromatic rings. The summed E-state index contributed by atoms with van der Waals surface area (Å²) >= 11 is 1.65. The van der Waals surface area contributed by atoms with Gasteiger partial charge in [-0.15, -0.1) is 11.8 Å². The molecule has 0 aliphatic carbocycles. The third-order valence-electron chi connectivity index (χ3n) is 8.12. The van der Waals surface area contributed by atoms with Gasteiger partial charge in [0, 0.05) is 29.8 Å². The Labute approximate surface area is 216 Å². The number of aliphatic hydroxyl groups excluding tert-OH is 1. The van der Waals surface area contributed by atoms with Crippen molar-refractivity contribution in [2.75, 3.05) is 23.8 Å². The molecule has 0 radical (unpaired) electrons. The van der Waals surface area contributed by atoms with Gasteiger partial charge in [-0.3, -0.25) is 14.4 Å². The van der Waals surface area contributed by atoms with Crippen LogP contribution in [0, 0.1) is 31.6 Å². The number of amides is 3. The van der Waals surface area contributed by atoms with Crippen molar-refractivity contribution in [1.29, 1.82) is 0 Å². The molecule has 3 heterocycles. The number of hydrogen-bond donors (Lipinski definition) is 3. The summed E-state index contributed by atoms with van der Waals surface area (Å²) in [5.41, 5.74) is 3.38.